The Labute approximate surface area is 197 Å². The highest BCUT2D eigenvalue weighted by Gasteiger charge is 2.35. The highest BCUT2D eigenvalue weighted by Crippen LogP contribution is 2.28. The summed E-state index contributed by atoms with van der Waals surface area (Å²) in [7, 11) is -3.58. The van der Waals surface area contributed by atoms with Gasteiger partial charge in [-0.05, 0) is 59.0 Å². The lowest BCUT2D eigenvalue weighted by molar-refractivity contribution is -0.122. The fourth-order valence-corrected chi connectivity index (χ4v) is 5.32. The highest BCUT2D eigenvalue weighted by molar-refractivity contribution is 7.89. The highest BCUT2D eigenvalue weighted by atomic mass is 32.2. The molecule has 2 heterocycles. The maximum atomic E-state index is 12.8. The molecule has 0 aliphatic carbocycles. The Morgan fingerprint density at radius 1 is 1.06 bits per heavy atom. The number of amides is 2. The van der Waals surface area contributed by atoms with Gasteiger partial charge in [-0.15, -0.1) is 5.10 Å². The van der Waals surface area contributed by atoms with Crippen molar-refractivity contribution in [2.75, 3.05) is 29.9 Å². The van der Waals surface area contributed by atoms with Gasteiger partial charge in [0, 0.05) is 37.4 Å². The molecule has 11 nitrogen and oxygen atoms in total. The molecule has 1 saturated heterocycles. The second-order valence-electron chi connectivity index (χ2n) is 7.78. The first-order chi connectivity index (χ1) is 16.3. The number of rotatable bonds is 8. The average molecular weight is 484 g/mol. The molecule has 1 atom stereocenters. The molecule has 178 valence electrons. The molecule has 0 saturated carbocycles. The van der Waals surface area contributed by atoms with Gasteiger partial charge in [-0.3, -0.25) is 9.59 Å². The van der Waals surface area contributed by atoms with Gasteiger partial charge in [-0.1, -0.05) is 13.8 Å². The number of sulfonamides is 1. The first-order valence-electron chi connectivity index (χ1n) is 10.9. The molecule has 1 aliphatic heterocycles. The number of benzene rings is 2. The summed E-state index contributed by atoms with van der Waals surface area (Å²) >= 11 is 0. The molecule has 0 radical (unpaired) electrons. The Hall–Kier alpha value is -3.64. The molecule has 34 heavy (non-hydrogen) atoms. The van der Waals surface area contributed by atoms with E-state index < -0.39 is 15.9 Å². The van der Waals surface area contributed by atoms with E-state index in [0.29, 0.717) is 24.5 Å². The molecule has 1 N–H and O–H groups in total. The van der Waals surface area contributed by atoms with E-state index in [1.54, 1.807) is 50.2 Å². The molecule has 1 unspecified atom stereocenters. The summed E-state index contributed by atoms with van der Waals surface area (Å²) in [6, 6.07) is 13.2. The lowest BCUT2D eigenvalue weighted by Gasteiger charge is -2.20. The van der Waals surface area contributed by atoms with Gasteiger partial charge in [0.25, 0.3) is 0 Å². The Morgan fingerprint density at radius 3 is 2.29 bits per heavy atom. The van der Waals surface area contributed by atoms with Crippen molar-refractivity contribution in [2.24, 2.45) is 5.92 Å². The number of nitrogens with zero attached hydrogens (tertiary/aromatic N) is 6. The normalized spacial score (nSPS) is 16.3. The number of nitrogens with one attached hydrogen (secondary N) is 1. The Bertz CT molecular complexity index is 1260. The van der Waals surface area contributed by atoms with Crippen LogP contribution < -0.4 is 10.2 Å². The minimum absolute atomic E-state index is 0.0774. The van der Waals surface area contributed by atoms with Crippen LogP contribution in [0.1, 0.15) is 20.3 Å². The zero-order valence-electron chi connectivity index (χ0n) is 18.8. The van der Waals surface area contributed by atoms with Crippen LogP contribution in [0, 0.1) is 5.92 Å². The van der Waals surface area contributed by atoms with Gasteiger partial charge in [-0.25, -0.2) is 13.1 Å². The van der Waals surface area contributed by atoms with Crippen molar-refractivity contribution in [3.05, 3.63) is 54.9 Å². The van der Waals surface area contributed by atoms with E-state index in [1.165, 1.54) is 32.3 Å². The van der Waals surface area contributed by atoms with Crippen LogP contribution in [-0.2, 0) is 19.6 Å². The number of tetrazole rings is 1. The van der Waals surface area contributed by atoms with Gasteiger partial charge in [-0.2, -0.15) is 4.31 Å². The van der Waals surface area contributed by atoms with E-state index >= 15 is 0 Å². The van der Waals surface area contributed by atoms with Crippen molar-refractivity contribution in [3.8, 4) is 5.69 Å². The van der Waals surface area contributed by atoms with Crippen LogP contribution in [0.5, 0.6) is 0 Å². The van der Waals surface area contributed by atoms with E-state index in [2.05, 4.69) is 20.8 Å². The fourth-order valence-electron chi connectivity index (χ4n) is 3.86. The van der Waals surface area contributed by atoms with Gasteiger partial charge >= 0.3 is 0 Å². The first kappa shape index (κ1) is 23.5. The van der Waals surface area contributed by atoms with Gasteiger partial charge < -0.3 is 10.2 Å². The van der Waals surface area contributed by atoms with Gasteiger partial charge in [0.15, 0.2) is 0 Å². The van der Waals surface area contributed by atoms with Crippen LogP contribution in [-0.4, -0.2) is 64.4 Å². The van der Waals surface area contributed by atoms with E-state index in [0.717, 1.165) is 5.69 Å². The monoisotopic (exact) mass is 483 g/mol. The molecule has 1 fully saturated rings. The largest absolute Gasteiger partial charge is 0.326 e. The standard InChI is InChI=1S/C22H25N7O4S/c1-3-27(4-2)34(32,33)20-11-9-18(10-12-20)28-14-16(13-21(28)30)22(31)24-17-5-7-19(8-6-17)29-15-23-25-26-29/h5-12,15-16H,3-4,13-14H2,1-2H3,(H,24,31). The third-order valence-corrected chi connectivity index (χ3v) is 7.80. The second-order valence-corrected chi connectivity index (χ2v) is 9.72. The number of hydrogen-bond acceptors (Lipinski definition) is 7. The molecule has 1 aromatic heterocycles. The van der Waals surface area contributed by atoms with Crippen molar-refractivity contribution in [1.82, 2.24) is 24.5 Å². The summed E-state index contributed by atoms with van der Waals surface area (Å²) in [5.41, 5.74) is 1.90. The summed E-state index contributed by atoms with van der Waals surface area (Å²) in [5, 5.41) is 13.8. The molecule has 3 aromatic rings. The molecule has 0 bridgehead atoms. The summed E-state index contributed by atoms with van der Waals surface area (Å²) in [6.45, 7) is 4.54. The summed E-state index contributed by atoms with van der Waals surface area (Å²) in [5.74, 6) is -0.967. The van der Waals surface area contributed by atoms with Crippen LogP contribution >= 0.6 is 0 Å². The Morgan fingerprint density at radius 2 is 1.71 bits per heavy atom. The summed E-state index contributed by atoms with van der Waals surface area (Å²) < 4.78 is 28.2. The molecule has 0 spiro atoms. The van der Waals surface area contributed by atoms with Crippen LogP contribution in [0.3, 0.4) is 0 Å². The zero-order valence-corrected chi connectivity index (χ0v) is 19.6. The molecule has 4 rings (SSSR count). The van der Waals surface area contributed by atoms with Crippen LogP contribution in [0.2, 0.25) is 0 Å². The SMILES string of the molecule is CCN(CC)S(=O)(=O)c1ccc(N2CC(C(=O)Nc3ccc(-n4cnnn4)cc3)CC2=O)cc1. The molecule has 2 aromatic carbocycles. The third-order valence-electron chi connectivity index (χ3n) is 5.74. The lowest BCUT2D eigenvalue weighted by Crippen LogP contribution is -2.31. The number of anilines is 2. The lowest BCUT2D eigenvalue weighted by atomic mass is 10.1. The number of hydrogen-bond donors (Lipinski definition) is 1. The molecule has 1 aliphatic rings. The van der Waals surface area contributed by atoms with Crippen LogP contribution in [0.15, 0.2) is 59.8 Å². The van der Waals surface area contributed by atoms with Crippen LogP contribution in [0.4, 0.5) is 11.4 Å². The molecule has 2 amide bonds. The second kappa shape index (κ2) is 9.69. The summed E-state index contributed by atoms with van der Waals surface area (Å²) in [6.07, 6.45) is 1.55. The summed E-state index contributed by atoms with van der Waals surface area (Å²) in [4.78, 5) is 27.0. The number of carbonyl (C=O) groups is 2. The maximum Gasteiger partial charge on any atom is 0.243 e. The first-order valence-corrected chi connectivity index (χ1v) is 12.3. The average Bonchev–Trinajstić information content (AvgIpc) is 3.50. The van der Waals surface area contributed by atoms with Crippen molar-refractivity contribution < 1.29 is 18.0 Å². The van der Waals surface area contributed by atoms with Gasteiger partial charge in [0.2, 0.25) is 21.8 Å². The number of aromatic nitrogens is 4. The van der Waals surface area contributed by atoms with E-state index in [9.17, 15) is 18.0 Å². The van der Waals surface area contributed by atoms with E-state index in [1.807, 2.05) is 0 Å². The van der Waals surface area contributed by atoms with Crippen molar-refractivity contribution in [3.63, 3.8) is 0 Å². The Kier molecular flexibility index (Phi) is 6.70. The predicted molar refractivity (Wildman–Crippen MR) is 125 cm³/mol. The Balaban J connectivity index is 1.41. The van der Waals surface area contributed by atoms with Gasteiger partial charge in [0.05, 0.1) is 16.5 Å². The predicted octanol–water partition coefficient (Wildman–Crippen LogP) is 1.68. The smallest absolute Gasteiger partial charge is 0.243 e. The van der Waals surface area contributed by atoms with Gasteiger partial charge in [0.1, 0.15) is 6.33 Å². The molecule has 12 heteroatoms. The quantitative estimate of drug-likeness (QED) is 0.516. The third kappa shape index (κ3) is 4.68. The van der Waals surface area contributed by atoms with Crippen molar-refractivity contribution in [1.29, 1.82) is 0 Å². The van der Waals surface area contributed by atoms with E-state index in [-0.39, 0.29) is 29.7 Å². The molecular weight excluding hydrogens is 458 g/mol. The zero-order chi connectivity index (χ0) is 24.3. The fraction of sp³-hybridized carbons (Fsp3) is 0.318. The molecular formula is C22H25N7O4S. The topological polar surface area (TPSA) is 130 Å². The van der Waals surface area contributed by atoms with Crippen molar-refractivity contribution in [2.45, 2.75) is 25.2 Å². The van der Waals surface area contributed by atoms with E-state index in [4.69, 9.17) is 0 Å². The minimum atomic E-state index is -3.58. The van der Waals surface area contributed by atoms with Crippen LogP contribution in [0.25, 0.3) is 5.69 Å². The minimum Gasteiger partial charge on any atom is -0.326 e. The maximum absolute atomic E-state index is 12.8. The number of carbonyl (C=O) groups excluding carboxylic acids is 2. The van der Waals surface area contributed by atoms with Crippen molar-refractivity contribution >= 4 is 33.2 Å².